The molecule has 5 fully saturated rings. The van der Waals surface area contributed by atoms with Gasteiger partial charge in [-0.15, -0.1) is 0 Å². The summed E-state index contributed by atoms with van der Waals surface area (Å²) in [5.74, 6) is -9.66. The van der Waals surface area contributed by atoms with Gasteiger partial charge in [-0.3, -0.25) is 57.6 Å². The molecule has 2 unspecified atom stereocenters. The number of pyridine rings is 1. The second-order valence-corrected chi connectivity index (χ2v) is 38.1. The Kier molecular flexibility index (Phi) is 27.7. The number of carboxylic acid groups (broad SMARTS) is 2. The van der Waals surface area contributed by atoms with E-state index in [0.717, 1.165) is 68.3 Å². The lowest BCUT2D eigenvalue weighted by Crippen LogP contribution is -2.64. The maximum absolute atomic E-state index is 14.4. The van der Waals surface area contributed by atoms with E-state index in [-0.39, 0.29) is 92.8 Å². The van der Waals surface area contributed by atoms with Crippen molar-refractivity contribution in [1.82, 2.24) is 39.8 Å². The zero-order valence-electron chi connectivity index (χ0n) is 67.9. The number of aromatic nitrogens is 4. The second kappa shape index (κ2) is 37.1. The molecule has 35 nitrogen and oxygen atoms in total. The number of hydrogen-bond donors (Lipinski definition) is 9. The van der Waals surface area contributed by atoms with Gasteiger partial charge in [0, 0.05) is 106 Å². The molecule has 7 aliphatic rings. The number of carboxylic acids is 2. The number of amides is 6. The van der Waals surface area contributed by atoms with Crippen molar-refractivity contribution < 1.29 is 118 Å². The van der Waals surface area contributed by atoms with Crippen molar-refractivity contribution >= 4 is 112 Å². The standard InChI is InChI=1S/C83H102N10O25S3/c1-48(2)58(36-55(94)23-25-89(26-29-115-31-33-121(112,113)114)68(98)39-92-66(96)20-21-67(92)97)75(103)85-49(3)62(95)35-51-14-15-54(53(34-51)16-18-63-70(99)71(100)72(101)73(118-63)77(106)107)40-116-79(108)90(28-32-120(109,110)111)27-30-117-83-44-80(5)41-81(6,45-83)43-82(42-80,46-83)47-93-50(4)59(37-84-93)56-17-19-65(87-69(56)76(104)105)91-24-22-52-10-9-11-57(60(52)38-91)74(102)88-78-86-61-12-7-8-13-64(61)119-78/h7-15,17,19-21,34,37,48-49,58,63,70-73,99-101H,16,18,22-33,35-36,38-47H2,1-6H3,(H,85,103)(H,104,105)(H,106,107)(H,86,88,102)(H,109,110,111)(H,112,113,114)/t49-,58-,63-,70-,71+,72-,73-,80?,81?,82?,83?/m0/s1. The fourth-order valence-electron chi connectivity index (χ4n) is 19.0. The highest BCUT2D eigenvalue weighted by molar-refractivity contribution is 7.86. The van der Waals surface area contributed by atoms with Gasteiger partial charge in [0.25, 0.3) is 38.0 Å². The molecule has 6 aromatic rings. The Morgan fingerprint density at radius 3 is 2.16 bits per heavy atom. The number of rotatable bonds is 39. The maximum atomic E-state index is 14.4. The summed E-state index contributed by atoms with van der Waals surface area (Å²) in [6.45, 7) is 9.33. The van der Waals surface area contributed by atoms with Crippen LogP contribution in [-0.2, 0) is 112 Å². The van der Waals surface area contributed by atoms with Crippen LogP contribution in [0, 0.1) is 35.0 Å². The monoisotopic (exact) mass is 1730 g/mol. The van der Waals surface area contributed by atoms with Crippen molar-refractivity contribution in [2.24, 2.45) is 28.1 Å². The number of ketones is 2. The molecule has 0 radical (unpaired) electrons. The summed E-state index contributed by atoms with van der Waals surface area (Å²) >= 11 is 1.38. The average Bonchev–Trinajstić information content (AvgIpc) is 1.15. The summed E-state index contributed by atoms with van der Waals surface area (Å²) < 4.78 is 92.9. The van der Waals surface area contributed by atoms with Gasteiger partial charge in [-0.1, -0.05) is 81.5 Å². The summed E-state index contributed by atoms with van der Waals surface area (Å²) in [6, 6.07) is 20.3. The number of imide groups is 1. The van der Waals surface area contributed by atoms with E-state index in [9.17, 15) is 94.9 Å². The van der Waals surface area contributed by atoms with E-state index < -0.39 is 165 Å². The van der Waals surface area contributed by atoms with Crippen LogP contribution in [0.25, 0.3) is 21.3 Å². The molecule has 3 aliphatic heterocycles. The summed E-state index contributed by atoms with van der Waals surface area (Å²) in [5, 5.41) is 64.0. The van der Waals surface area contributed by atoms with Crippen molar-refractivity contribution in [3.05, 3.63) is 136 Å². The largest absolute Gasteiger partial charge is 0.479 e. The molecule has 121 heavy (non-hydrogen) atoms. The molecule has 4 saturated carbocycles. The molecule has 6 heterocycles. The minimum Gasteiger partial charge on any atom is -0.479 e. The number of para-hydroxylation sites is 1. The molecule has 38 heteroatoms. The number of nitrogens with one attached hydrogen (secondary N) is 2. The number of carbonyl (C=O) groups is 10. The highest BCUT2D eigenvalue weighted by Gasteiger charge is 2.66. The Hall–Kier alpha value is -9.87. The van der Waals surface area contributed by atoms with Gasteiger partial charge in [0.2, 0.25) is 11.8 Å². The molecular weight excluding hydrogens is 1630 g/mol. The number of aromatic carboxylic acids is 1. The molecule has 0 spiro atoms. The number of hydrogen-bond acceptors (Lipinski definition) is 26. The molecule has 1 saturated heterocycles. The Morgan fingerprint density at radius 1 is 0.760 bits per heavy atom. The maximum Gasteiger partial charge on any atom is 0.410 e. The molecular formula is C83H102N10O25S3. The van der Waals surface area contributed by atoms with Crippen LogP contribution >= 0.6 is 11.3 Å². The molecule has 9 N–H and O–H groups in total. The van der Waals surface area contributed by atoms with Gasteiger partial charge >= 0.3 is 18.0 Å². The number of aliphatic hydroxyl groups is 3. The number of benzene rings is 3. The van der Waals surface area contributed by atoms with Crippen LogP contribution in [0.15, 0.2) is 91.1 Å². The Balaban J connectivity index is 0.697. The number of aliphatic carboxylic acids is 1. The molecule has 4 aliphatic carbocycles. The van der Waals surface area contributed by atoms with Crippen molar-refractivity contribution in [2.75, 3.05) is 80.8 Å². The Labute approximate surface area is 702 Å². The van der Waals surface area contributed by atoms with Crippen LogP contribution in [-0.4, -0.2) is 258 Å². The van der Waals surface area contributed by atoms with Crippen molar-refractivity contribution in [3.8, 4) is 11.1 Å². The lowest BCUT2D eigenvalue weighted by Gasteiger charge is -2.69. The first kappa shape index (κ1) is 90.4. The third-order valence-electron chi connectivity index (χ3n) is 23.9. The molecule has 3 aromatic heterocycles. The van der Waals surface area contributed by atoms with Crippen molar-refractivity contribution in [3.63, 3.8) is 0 Å². The first-order chi connectivity index (χ1) is 57.1. The number of nitrogens with zero attached hydrogens (tertiary/aromatic N) is 8. The summed E-state index contributed by atoms with van der Waals surface area (Å²) in [6.07, 6.45) is -2.55. The van der Waals surface area contributed by atoms with E-state index in [4.69, 9.17) is 33.6 Å². The van der Waals surface area contributed by atoms with E-state index in [0.29, 0.717) is 94.5 Å². The van der Waals surface area contributed by atoms with Crippen LogP contribution in [0.2, 0.25) is 0 Å². The molecule has 3 aromatic carbocycles. The average molecular weight is 1740 g/mol. The number of thiazole rings is 1. The smallest absolute Gasteiger partial charge is 0.410 e. The van der Waals surface area contributed by atoms with Crippen LogP contribution in [0.3, 0.4) is 0 Å². The number of aliphatic hydroxyl groups excluding tert-OH is 3. The Bertz CT molecular complexity index is 5190. The predicted molar refractivity (Wildman–Crippen MR) is 437 cm³/mol. The first-order valence-electron chi connectivity index (χ1n) is 40.1. The number of aryl methyl sites for hydroxylation is 1. The predicted octanol–water partition coefficient (Wildman–Crippen LogP) is 5.80. The molecule has 6 amide bonds. The number of ether oxygens (including phenoxy) is 4. The van der Waals surface area contributed by atoms with Crippen LogP contribution < -0.4 is 15.5 Å². The highest BCUT2D eigenvalue weighted by Crippen LogP contribution is 2.72. The lowest BCUT2D eigenvalue weighted by molar-refractivity contribution is -0.248. The second-order valence-electron chi connectivity index (χ2n) is 33.9. The number of carbonyl (C=O) groups excluding carboxylic acids is 8. The van der Waals surface area contributed by atoms with Gasteiger partial charge in [0.1, 0.15) is 43.1 Å². The van der Waals surface area contributed by atoms with Gasteiger partial charge in [-0.2, -0.15) is 21.9 Å². The molecule has 9 atom stereocenters. The fraction of sp³-hybridized carbons (Fsp3) is 0.530. The van der Waals surface area contributed by atoms with E-state index in [1.807, 2.05) is 52.9 Å². The van der Waals surface area contributed by atoms with Gasteiger partial charge < -0.3 is 64.5 Å². The first-order valence-corrected chi connectivity index (χ1v) is 44.1. The van der Waals surface area contributed by atoms with Gasteiger partial charge in [-0.05, 0) is 152 Å². The van der Waals surface area contributed by atoms with Crippen LogP contribution in [0.4, 0.5) is 15.7 Å². The van der Waals surface area contributed by atoms with Crippen LogP contribution in [0.1, 0.15) is 147 Å². The number of Topliss-reactive ketones (excluding diaryl/α,β-unsaturated/α-hetero) is 2. The summed E-state index contributed by atoms with van der Waals surface area (Å²) in [5.41, 5.74) is 4.10. The van der Waals surface area contributed by atoms with Crippen molar-refractivity contribution in [2.45, 2.75) is 180 Å². The normalized spacial score (nSPS) is 23.6. The molecule has 652 valence electrons. The van der Waals surface area contributed by atoms with Crippen molar-refractivity contribution in [1.29, 1.82) is 0 Å². The van der Waals surface area contributed by atoms with E-state index in [1.165, 1.54) is 24.3 Å². The lowest BCUT2D eigenvalue weighted by atomic mass is 9.39. The zero-order chi connectivity index (χ0) is 87.4. The number of fused-ring (bicyclic) bond motifs is 2. The third-order valence-corrected chi connectivity index (χ3v) is 26.2. The van der Waals surface area contributed by atoms with Gasteiger partial charge in [0.15, 0.2) is 22.7 Å². The van der Waals surface area contributed by atoms with E-state index in [1.54, 1.807) is 50.4 Å². The summed E-state index contributed by atoms with van der Waals surface area (Å²) in [4.78, 5) is 148. The minimum atomic E-state index is -4.66. The topological polar surface area (TPSA) is 498 Å². The quantitative estimate of drug-likeness (QED) is 0.0125. The summed E-state index contributed by atoms with van der Waals surface area (Å²) in [7, 11) is -9.03. The zero-order valence-corrected chi connectivity index (χ0v) is 70.4. The SMILES string of the molecule is Cc1c(-c2ccc(N3CCc4cccc(C(=O)Nc5nc6ccccc6s5)c4C3)nc2C(=O)O)cnn1CC12CC3(C)CC(C)(C1)CC(OCCN(CCS(=O)(=O)O)C(=O)OCc1ccc(CC(=O)[C@H](C)NC(=O)[C@@H](CC(=O)CCN(CCOCCS(=O)(=O)O)C(=O)CN4C(=O)C=CC4=O)C(C)C)cc1CC[C@@H]1O[C@H](C(=O)O)[C@@H](O)[C@H](O)[C@H]1O)(C3)C2. The van der Waals surface area contributed by atoms with Gasteiger partial charge in [0.05, 0.1) is 65.5 Å². The van der Waals surface area contributed by atoms with E-state index >= 15 is 0 Å². The third kappa shape index (κ3) is 22.0. The van der Waals surface area contributed by atoms with Crippen LogP contribution in [0.5, 0.6) is 0 Å². The Morgan fingerprint density at radius 2 is 1.47 bits per heavy atom. The fourth-order valence-corrected chi connectivity index (χ4v) is 20.7. The minimum absolute atomic E-state index is 0.0903. The molecule has 4 bridgehead atoms. The number of anilines is 2. The van der Waals surface area contributed by atoms with Gasteiger partial charge in [-0.25, -0.2) is 24.4 Å². The van der Waals surface area contributed by atoms with E-state index in [2.05, 4.69) is 29.5 Å². The highest BCUT2D eigenvalue weighted by atomic mass is 32.2. The molecule has 13 rings (SSSR count).